The number of carbonyl (C=O) groups is 1. The molecule has 0 spiro atoms. The van der Waals surface area contributed by atoms with Crippen LogP contribution in [0.25, 0.3) is 0 Å². The smallest absolute Gasteiger partial charge is 0.329 e. The normalized spacial score (nSPS) is 11.6. The van der Waals surface area contributed by atoms with Crippen LogP contribution in [-0.4, -0.2) is 18.1 Å². The van der Waals surface area contributed by atoms with Gasteiger partial charge in [-0.3, -0.25) is 4.79 Å². The fraction of sp³-hybridized carbons (Fsp3) is 0.100. The van der Waals surface area contributed by atoms with Gasteiger partial charge in [0.2, 0.25) is 5.96 Å². The van der Waals surface area contributed by atoms with Gasteiger partial charge in [-0.15, -0.1) is 5.10 Å². The van der Waals surface area contributed by atoms with E-state index in [0.717, 1.165) is 0 Å². The third-order valence-electron chi connectivity index (χ3n) is 1.62. The highest BCUT2D eigenvalue weighted by molar-refractivity contribution is 6.30. The lowest BCUT2D eigenvalue weighted by Gasteiger charge is -2.00. The number of guanidine groups is 1. The predicted octanol–water partition coefficient (Wildman–Crippen LogP) is 1.20. The summed E-state index contributed by atoms with van der Waals surface area (Å²) >= 11 is 5.51. The monoisotopic (exact) mass is 272 g/mol. The quantitative estimate of drug-likeness (QED) is 0.481. The first-order valence-corrected chi connectivity index (χ1v) is 5.12. The zero-order chi connectivity index (χ0) is 13.5. The molecule has 3 N–H and O–H groups in total. The summed E-state index contributed by atoms with van der Waals surface area (Å²) in [6, 6.07) is 4.14. The lowest BCUT2D eigenvalue weighted by Crippen LogP contribution is -2.32. The first-order chi connectivity index (χ1) is 8.49. The van der Waals surface area contributed by atoms with E-state index in [1.807, 2.05) is 0 Å². The molecule has 0 saturated carbocycles. The Bertz CT molecular complexity index is 505. The first kappa shape index (κ1) is 13.9. The van der Waals surface area contributed by atoms with Gasteiger partial charge in [0, 0.05) is 6.92 Å². The fourth-order valence-electron chi connectivity index (χ4n) is 0.895. The van der Waals surface area contributed by atoms with Crippen LogP contribution in [0.15, 0.2) is 28.4 Å². The van der Waals surface area contributed by atoms with E-state index in [1.165, 1.54) is 25.3 Å². The van der Waals surface area contributed by atoms with Crippen LogP contribution in [0, 0.1) is 5.82 Å². The maximum atomic E-state index is 13.1. The number of benzene rings is 1. The average Bonchev–Trinajstić information content (AvgIpc) is 2.31. The van der Waals surface area contributed by atoms with Crippen LogP contribution in [0.5, 0.6) is 0 Å². The Balaban J connectivity index is 2.60. The largest absolute Gasteiger partial charge is 0.366 e. The van der Waals surface area contributed by atoms with E-state index in [2.05, 4.69) is 20.5 Å². The Morgan fingerprint density at radius 1 is 1.61 bits per heavy atom. The number of hydrogen-bond donors (Lipinski definition) is 2. The summed E-state index contributed by atoms with van der Waals surface area (Å²) in [7, 11) is 0. The number of hydroxylamine groups is 1. The van der Waals surface area contributed by atoms with Crippen molar-refractivity contribution in [1.82, 2.24) is 5.48 Å². The van der Waals surface area contributed by atoms with Crippen LogP contribution in [0.1, 0.15) is 12.5 Å². The van der Waals surface area contributed by atoms with E-state index in [-0.39, 0.29) is 11.0 Å². The van der Waals surface area contributed by atoms with Crippen molar-refractivity contribution in [2.75, 3.05) is 0 Å². The topological polar surface area (TPSA) is 89.1 Å². The van der Waals surface area contributed by atoms with E-state index >= 15 is 0 Å². The Morgan fingerprint density at radius 2 is 2.33 bits per heavy atom. The molecule has 96 valence electrons. The molecule has 1 aromatic rings. The molecule has 1 aromatic carbocycles. The van der Waals surface area contributed by atoms with Crippen molar-refractivity contribution in [2.24, 2.45) is 15.9 Å². The molecule has 0 amide bonds. The minimum Gasteiger partial charge on any atom is -0.366 e. The highest BCUT2D eigenvalue weighted by atomic mass is 35.5. The molecule has 0 bridgehead atoms. The molecule has 1 rings (SSSR count). The summed E-state index contributed by atoms with van der Waals surface area (Å²) in [5.74, 6) is -1.34. The molecule has 0 aromatic heterocycles. The summed E-state index contributed by atoms with van der Waals surface area (Å²) in [6.45, 7) is 1.19. The van der Waals surface area contributed by atoms with Crippen LogP contribution in [-0.2, 0) is 9.63 Å². The molecule has 8 heteroatoms. The standard InChI is InChI=1S/C10H10ClFN4O2/c1-6(17)18-16-10(13)15-14-5-7-2-3-8(11)9(12)4-7/h2-5H,1H3,(H3,13,15,16). The summed E-state index contributed by atoms with van der Waals surface area (Å²) in [6.07, 6.45) is 1.27. The molecule has 0 unspecified atom stereocenters. The van der Waals surface area contributed by atoms with Gasteiger partial charge in [-0.2, -0.15) is 10.6 Å². The van der Waals surface area contributed by atoms with Gasteiger partial charge in [0.25, 0.3) is 0 Å². The maximum Gasteiger partial charge on any atom is 0.329 e. The molecule has 0 fully saturated rings. The van der Waals surface area contributed by atoms with Gasteiger partial charge in [-0.05, 0) is 17.7 Å². The van der Waals surface area contributed by atoms with Crippen LogP contribution in [0.3, 0.4) is 0 Å². The molecule has 0 atom stereocenters. The van der Waals surface area contributed by atoms with Crippen LogP contribution in [0.2, 0.25) is 5.02 Å². The number of hydrogen-bond acceptors (Lipinski definition) is 4. The molecular formula is C10H10ClFN4O2. The van der Waals surface area contributed by atoms with Gasteiger partial charge in [-0.1, -0.05) is 17.7 Å². The van der Waals surface area contributed by atoms with E-state index in [0.29, 0.717) is 5.56 Å². The van der Waals surface area contributed by atoms with E-state index in [1.54, 1.807) is 6.07 Å². The third-order valence-corrected chi connectivity index (χ3v) is 1.92. The number of nitrogens with zero attached hydrogens (tertiary/aromatic N) is 2. The molecule has 0 aliphatic rings. The van der Waals surface area contributed by atoms with Gasteiger partial charge in [0.1, 0.15) is 5.82 Å². The molecule has 0 aliphatic carbocycles. The molecule has 18 heavy (non-hydrogen) atoms. The fourth-order valence-corrected chi connectivity index (χ4v) is 1.01. The Kier molecular flexibility index (Phi) is 5.06. The Hall–Kier alpha value is -2.15. The average molecular weight is 273 g/mol. The second-order valence-electron chi connectivity index (χ2n) is 3.10. The predicted molar refractivity (Wildman–Crippen MR) is 65.5 cm³/mol. The zero-order valence-electron chi connectivity index (χ0n) is 9.35. The second-order valence-corrected chi connectivity index (χ2v) is 3.51. The minimum atomic E-state index is -0.572. The van der Waals surface area contributed by atoms with Gasteiger partial charge in [0.05, 0.1) is 11.2 Å². The lowest BCUT2D eigenvalue weighted by molar-refractivity contribution is -0.145. The van der Waals surface area contributed by atoms with E-state index in [9.17, 15) is 9.18 Å². The highest BCUT2D eigenvalue weighted by Gasteiger charge is 1.98. The van der Waals surface area contributed by atoms with Gasteiger partial charge < -0.3 is 10.6 Å². The minimum absolute atomic E-state index is 0.0201. The van der Waals surface area contributed by atoms with Crippen molar-refractivity contribution >= 4 is 29.7 Å². The van der Waals surface area contributed by atoms with Gasteiger partial charge >= 0.3 is 5.97 Å². The van der Waals surface area contributed by atoms with E-state index in [4.69, 9.17) is 17.3 Å². The maximum absolute atomic E-state index is 13.1. The van der Waals surface area contributed by atoms with Crippen molar-refractivity contribution < 1.29 is 14.0 Å². The molecule has 0 saturated heterocycles. The molecule has 0 heterocycles. The van der Waals surface area contributed by atoms with Crippen molar-refractivity contribution in [3.05, 3.63) is 34.6 Å². The molecule has 0 radical (unpaired) electrons. The van der Waals surface area contributed by atoms with Crippen molar-refractivity contribution in [1.29, 1.82) is 0 Å². The molecule has 6 nitrogen and oxygen atoms in total. The highest BCUT2D eigenvalue weighted by Crippen LogP contribution is 2.14. The third kappa shape index (κ3) is 4.79. The van der Waals surface area contributed by atoms with Gasteiger partial charge in [0.15, 0.2) is 0 Å². The first-order valence-electron chi connectivity index (χ1n) is 4.74. The molecule has 0 aliphatic heterocycles. The lowest BCUT2D eigenvalue weighted by atomic mass is 10.2. The van der Waals surface area contributed by atoms with Crippen molar-refractivity contribution in [2.45, 2.75) is 6.92 Å². The van der Waals surface area contributed by atoms with Crippen molar-refractivity contribution in [3.63, 3.8) is 0 Å². The number of carbonyl (C=O) groups excluding carboxylic acids is 1. The van der Waals surface area contributed by atoms with Gasteiger partial charge in [-0.25, -0.2) is 4.39 Å². The van der Waals surface area contributed by atoms with Crippen LogP contribution < -0.4 is 11.2 Å². The number of nitrogens with two attached hydrogens (primary N) is 1. The zero-order valence-corrected chi connectivity index (χ0v) is 10.1. The number of halogens is 2. The summed E-state index contributed by atoms with van der Waals surface area (Å²) < 4.78 is 13.1. The van der Waals surface area contributed by atoms with Crippen molar-refractivity contribution in [3.8, 4) is 0 Å². The summed E-state index contributed by atoms with van der Waals surface area (Å²) in [5, 5.41) is 7.05. The number of rotatable bonds is 2. The SMILES string of the molecule is CC(=O)ONC(N)=NN=Cc1ccc(Cl)c(F)c1. The molecular weight excluding hydrogens is 263 g/mol. The Morgan fingerprint density at radius 3 is 2.94 bits per heavy atom. The Labute approximate surface area is 107 Å². The van der Waals surface area contributed by atoms with Crippen LogP contribution >= 0.6 is 11.6 Å². The van der Waals surface area contributed by atoms with E-state index < -0.39 is 11.8 Å². The second kappa shape index (κ2) is 6.55. The number of nitrogens with one attached hydrogen (secondary N) is 1. The summed E-state index contributed by atoms with van der Waals surface area (Å²) in [5.41, 5.74) is 7.81. The summed E-state index contributed by atoms with van der Waals surface area (Å²) in [4.78, 5) is 14.8. The van der Waals surface area contributed by atoms with Crippen LogP contribution in [0.4, 0.5) is 4.39 Å².